The summed E-state index contributed by atoms with van der Waals surface area (Å²) in [6.45, 7) is 8.55. The number of nitrogens with one attached hydrogen (secondary N) is 1. The molecule has 1 aromatic carbocycles. The fourth-order valence-electron chi connectivity index (χ4n) is 3.70. The summed E-state index contributed by atoms with van der Waals surface area (Å²) in [5.74, 6) is 0.342. The second-order valence-corrected chi connectivity index (χ2v) is 10.4. The van der Waals surface area contributed by atoms with Gasteiger partial charge in [-0.2, -0.15) is 0 Å². The van der Waals surface area contributed by atoms with E-state index in [9.17, 15) is 19.5 Å². The summed E-state index contributed by atoms with van der Waals surface area (Å²) in [4.78, 5) is 40.2. The number of carboxylic acid groups (broad SMARTS) is 1. The lowest BCUT2D eigenvalue weighted by Gasteiger charge is -2.19. The minimum absolute atomic E-state index is 0.00720. The van der Waals surface area contributed by atoms with Gasteiger partial charge < -0.3 is 15.0 Å². The number of rotatable bonds is 13. The number of aromatic carboxylic acids is 1. The number of unbranched alkanes of at least 4 members (excludes halogenated alkanes) is 1. The van der Waals surface area contributed by atoms with Crippen LogP contribution in [0.15, 0.2) is 24.4 Å². The predicted molar refractivity (Wildman–Crippen MR) is 136 cm³/mol. The molecule has 1 aromatic heterocycles. The van der Waals surface area contributed by atoms with E-state index in [2.05, 4.69) is 35.6 Å². The van der Waals surface area contributed by atoms with Crippen molar-refractivity contribution in [2.24, 2.45) is 11.8 Å². The number of aryl methyl sites for hydroxylation is 1. The van der Waals surface area contributed by atoms with E-state index in [1.807, 2.05) is 0 Å². The smallest absolute Gasteiger partial charge is 0.337 e. The number of hydrogen-bond acceptors (Lipinski definition) is 5. The van der Waals surface area contributed by atoms with Gasteiger partial charge in [0, 0.05) is 31.6 Å². The molecule has 0 saturated carbocycles. The molecule has 0 aliphatic rings. The van der Waals surface area contributed by atoms with E-state index in [4.69, 9.17) is 11.6 Å². The Balaban J connectivity index is 2.20. The van der Waals surface area contributed by atoms with Gasteiger partial charge in [0.05, 0.1) is 29.0 Å². The standard InChI is InChI=1S/C25H34ClN3O4S/c1-5-6-7-23-27-12-20(13-28-24(31)19(10-16(2)3)15-34-17(4)30)29(23)14-18-8-9-21(25(32)33)22(26)11-18/h8-9,11-12,16,19H,5-7,10,13-15H2,1-4H3,(H,28,31)(H,32,33)/t19-/m0/s1. The van der Waals surface area contributed by atoms with Gasteiger partial charge in [-0.05, 0) is 36.5 Å². The first-order chi connectivity index (χ1) is 16.1. The van der Waals surface area contributed by atoms with Crippen molar-refractivity contribution in [2.75, 3.05) is 5.75 Å². The number of benzene rings is 1. The van der Waals surface area contributed by atoms with Crippen molar-refractivity contribution < 1.29 is 19.5 Å². The first-order valence-electron chi connectivity index (χ1n) is 11.6. The van der Waals surface area contributed by atoms with Crippen LogP contribution >= 0.6 is 23.4 Å². The van der Waals surface area contributed by atoms with E-state index in [1.165, 1.54) is 24.8 Å². The normalized spacial score (nSPS) is 12.1. The number of carbonyl (C=O) groups is 3. The van der Waals surface area contributed by atoms with Crippen LogP contribution in [0.2, 0.25) is 5.02 Å². The quantitative estimate of drug-likeness (QED) is 0.387. The molecule has 0 aliphatic heterocycles. The second-order valence-electron chi connectivity index (χ2n) is 8.82. The van der Waals surface area contributed by atoms with Gasteiger partial charge in [0.2, 0.25) is 5.91 Å². The monoisotopic (exact) mass is 507 g/mol. The van der Waals surface area contributed by atoms with E-state index in [1.54, 1.807) is 18.3 Å². The first-order valence-corrected chi connectivity index (χ1v) is 12.9. The minimum Gasteiger partial charge on any atom is -0.478 e. The molecule has 0 aliphatic carbocycles. The Morgan fingerprint density at radius 1 is 1.26 bits per heavy atom. The molecule has 1 amide bonds. The number of amides is 1. The number of aromatic nitrogens is 2. The molecule has 1 heterocycles. The molecule has 0 saturated heterocycles. The summed E-state index contributed by atoms with van der Waals surface area (Å²) in [7, 11) is 0. The molecule has 7 nitrogen and oxygen atoms in total. The van der Waals surface area contributed by atoms with Crippen LogP contribution in [-0.2, 0) is 29.1 Å². The Bertz CT molecular complexity index is 1010. The lowest BCUT2D eigenvalue weighted by molar-refractivity contribution is -0.125. The summed E-state index contributed by atoms with van der Waals surface area (Å²) in [6.07, 6.45) is 5.31. The Labute approximate surface area is 210 Å². The Hall–Kier alpha value is -2.32. The van der Waals surface area contributed by atoms with Gasteiger partial charge in [-0.15, -0.1) is 0 Å². The van der Waals surface area contributed by atoms with Crippen LogP contribution in [0.5, 0.6) is 0 Å². The van der Waals surface area contributed by atoms with E-state index in [0.717, 1.165) is 36.3 Å². The third-order valence-electron chi connectivity index (χ3n) is 5.44. The summed E-state index contributed by atoms with van der Waals surface area (Å²) in [6, 6.07) is 4.92. The number of thioether (sulfide) groups is 1. The highest BCUT2D eigenvalue weighted by Crippen LogP contribution is 2.21. The fraction of sp³-hybridized carbons (Fsp3) is 0.520. The van der Waals surface area contributed by atoms with Gasteiger partial charge in [-0.1, -0.05) is 56.6 Å². The van der Waals surface area contributed by atoms with Crippen molar-refractivity contribution >= 4 is 40.4 Å². The number of nitrogens with zero attached hydrogens (tertiary/aromatic N) is 2. The average Bonchev–Trinajstić information content (AvgIpc) is 3.14. The average molecular weight is 508 g/mol. The first kappa shape index (κ1) is 27.9. The van der Waals surface area contributed by atoms with Crippen LogP contribution < -0.4 is 5.32 Å². The molecule has 0 bridgehead atoms. The zero-order chi connectivity index (χ0) is 25.3. The highest BCUT2D eigenvalue weighted by atomic mass is 35.5. The summed E-state index contributed by atoms with van der Waals surface area (Å²) in [5, 5.41) is 12.5. The predicted octanol–water partition coefficient (Wildman–Crippen LogP) is 5.18. The van der Waals surface area contributed by atoms with Crippen LogP contribution in [0.4, 0.5) is 0 Å². The molecule has 9 heteroatoms. The highest BCUT2D eigenvalue weighted by Gasteiger charge is 2.21. The lowest BCUT2D eigenvalue weighted by atomic mass is 9.98. The maximum absolute atomic E-state index is 12.9. The highest BCUT2D eigenvalue weighted by molar-refractivity contribution is 8.13. The van der Waals surface area contributed by atoms with Gasteiger partial charge in [-0.3, -0.25) is 9.59 Å². The van der Waals surface area contributed by atoms with Gasteiger partial charge in [0.15, 0.2) is 5.12 Å². The van der Waals surface area contributed by atoms with Crippen LogP contribution in [0.1, 0.15) is 74.4 Å². The molecule has 2 N–H and O–H groups in total. The topological polar surface area (TPSA) is 101 Å². The van der Waals surface area contributed by atoms with Crippen LogP contribution in [0.3, 0.4) is 0 Å². The van der Waals surface area contributed by atoms with Gasteiger partial charge in [-0.25, -0.2) is 9.78 Å². The molecule has 1 atom stereocenters. The van der Waals surface area contributed by atoms with Gasteiger partial charge >= 0.3 is 5.97 Å². The van der Waals surface area contributed by atoms with E-state index >= 15 is 0 Å². The number of carbonyl (C=O) groups excluding carboxylic acids is 2. The largest absolute Gasteiger partial charge is 0.478 e. The number of carboxylic acids is 1. The Morgan fingerprint density at radius 2 is 2.00 bits per heavy atom. The second kappa shape index (κ2) is 13.5. The molecule has 186 valence electrons. The number of imidazole rings is 1. The molecular weight excluding hydrogens is 474 g/mol. The van der Waals surface area contributed by atoms with E-state index in [0.29, 0.717) is 31.2 Å². The minimum atomic E-state index is -1.06. The number of halogens is 1. The molecule has 0 fully saturated rings. The van der Waals surface area contributed by atoms with E-state index < -0.39 is 5.97 Å². The fourth-order valence-corrected chi connectivity index (χ4v) is 4.70. The van der Waals surface area contributed by atoms with Gasteiger partial charge in [0.1, 0.15) is 5.82 Å². The van der Waals surface area contributed by atoms with Crippen molar-refractivity contribution in [3.8, 4) is 0 Å². The zero-order valence-electron chi connectivity index (χ0n) is 20.3. The molecule has 0 radical (unpaired) electrons. The van der Waals surface area contributed by atoms with Crippen molar-refractivity contribution in [3.63, 3.8) is 0 Å². The lowest BCUT2D eigenvalue weighted by Crippen LogP contribution is -2.33. The summed E-state index contributed by atoms with van der Waals surface area (Å²) < 4.78 is 2.06. The van der Waals surface area contributed by atoms with Crippen LogP contribution in [0, 0.1) is 11.8 Å². The molecule has 34 heavy (non-hydrogen) atoms. The van der Waals surface area contributed by atoms with Crippen molar-refractivity contribution in [2.45, 2.75) is 66.5 Å². The molecule has 0 spiro atoms. The Kier molecular flexibility index (Phi) is 11.1. The number of hydrogen-bond donors (Lipinski definition) is 2. The molecular formula is C25H34ClN3O4S. The maximum atomic E-state index is 12.9. The third-order valence-corrected chi connectivity index (χ3v) is 6.73. The maximum Gasteiger partial charge on any atom is 0.337 e. The molecule has 2 aromatic rings. The van der Waals surface area contributed by atoms with Crippen molar-refractivity contribution in [3.05, 3.63) is 52.1 Å². The van der Waals surface area contributed by atoms with Crippen LogP contribution in [0.25, 0.3) is 0 Å². The zero-order valence-corrected chi connectivity index (χ0v) is 21.8. The summed E-state index contributed by atoms with van der Waals surface area (Å²) in [5.41, 5.74) is 1.78. The third kappa shape index (κ3) is 8.47. The van der Waals surface area contributed by atoms with Crippen molar-refractivity contribution in [1.29, 1.82) is 0 Å². The van der Waals surface area contributed by atoms with Gasteiger partial charge in [0.25, 0.3) is 0 Å². The van der Waals surface area contributed by atoms with E-state index in [-0.39, 0.29) is 27.5 Å². The summed E-state index contributed by atoms with van der Waals surface area (Å²) >= 11 is 7.35. The van der Waals surface area contributed by atoms with Crippen molar-refractivity contribution in [1.82, 2.24) is 14.9 Å². The van der Waals surface area contributed by atoms with Crippen LogP contribution in [-0.4, -0.2) is 37.4 Å². The SMILES string of the molecule is CCCCc1ncc(CNC(=O)[C@H](CSC(C)=O)CC(C)C)n1Cc1ccc(C(=O)O)c(Cl)c1. The molecule has 2 rings (SSSR count). The molecule has 0 unspecified atom stereocenters. The Morgan fingerprint density at radius 3 is 2.59 bits per heavy atom.